The van der Waals surface area contributed by atoms with Crippen molar-refractivity contribution in [3.05, 3.63) is 0 Å². The second-order valence-electron chi connectivity index (χ2n) is 8.04. The SMILES string of the molecule is CCC(O)(CCN(C)C(C)C)CC(=O)N1CCC(C(C)C)CC1. The molecule has 4 nitrogen and oxygen atoms in total. The first-order valence-electron chi connectivity index (χ1n) is 9.39. The quantitative estimate of drug-likeness (QED) is 0.745. The second-order valence-corrected chi connectivity index (χ2v) is 8.04. The van der Waals surface area contributed by atoms with Crippen LogP contribution in [0, 0.1) is 11.8 Å². The molecular weight excluding hydrogens is 288 g/mol. The van der Waals surface area contributed by atoms with Gasteiger partial charge in [-0.15, -0.1) is 0 Å². The zero-order valence-electron chi connectivity index (χ0n) is 16.1. The number of piperidine rings is 1. The summed E-state index contributed by atoms with van der Waals surface area (Å²) in [7, 11) is 2.07. The molecule has 1 rings (SSSR count). The first-order chi connectivity index (χ1) is 10.7. The van der Waals surface area contributed by atoms with Crippen LogP contribution in [0.5, 0.6) is 0 Å². The van der Waals surface area contributed by atoms with Crippen molar-refractivity contribution in [1.82, 2.24) is 9.80 Å². The molecule has 0 aliphatic carbocycles. The van der Waals surface area contributed by atoms with E-state index in [9.17, 15) is 9.90 Å². The van der Waals surface area contributed by atoms with Crippen LogP contribution < -0.4 is 0 Å². The summed E-state index contributed by atoms with van der Waals surface area (Å²) in [5.74, 6) is 1.57. The number of hydrogen-bond acceptors (Lipinski definition) is 3. The van der Waals surface area contributed by atoms with Crippen LogP contribution in [0.2, 0.25) is 0 Å². The third-order valence-corrected chi connectivity index (χ3v) is 5.78. The lowest BCUT2D eigenvalue weighted by atomic mass is 9.86. The molecule has 0 aromatic heterocycles. The van der Waals surface area contributed by atoms with E-state index in [0.29, 0.717) is 24.8 Å². The molecule has 1 saturated heterocycles. The average Bonchev–Trinajstić information content (AvgIpc) is 2.52. The van der Waals surface area contributed by atoms with Gasteiger partial charge in [-0.3, -0.25) is 4.79 Å². The van der Waals surface area contributed by atoms with Crippen molar-refractivity contribution in [3.8, 4) is 0 Å². The molecule has 0 radical (unpaired) electrons. The summed E-state index contributed by atoms with van der Waals surface area (Å²) in [5, 5.41) is 10.8. The van der Waals surface area contributed by atoms with Crippen molar-refractivity contribution in [2.45, 2.75) is 78.4 Å². The number of likely N-dealkylation sites (tertiary alicyclic amines) is 1. The van der Waals surface area contributed by atoms with Crippen molar-refractivity contribution in [2.75, 3.05) is 26.7 Å². The smallest absolute Gasteiger partial charge is 0.225 e. The maximum atomic E-state index is 12.6. The molecule has 1 aliphatic heterocycles. The Morgan fingerprint density at radius 2 is 1.83 bits per heavy atom. The number of carbonyl (C=O) groups is 1. The van der Waals surface area contributed by atoms with Gasteiger partial charge in [0.2, 0.25) is 5.91 Å². The van der Waals surface area contributed by atoms with Gasteiger partial charge in [0.1, 0.15) is 0 Å². The Bertz CT molecular complexity index is 362. The summed E-state index contributed by atoms with van der Waals surface area (Å²) in [6.07, 6.45) is 3.76. The van der Waals surface area contributed by atoms with E-state index in [1.54, 1.807) is 0 Å². The predicted octanol–water partition coefficient (Wildman–Crippen LogP) is 3.14. The first kappa shape index (κ1) is 20.4. The highest BCUT2D eigenvalue weighted by Crippen LogP contribution is 2.27. The Labute approximate surface area is 143 Å². The molecule has 1 unspecified atom stereocenters. The number of rotatable bonds is 8. The monoisotopic (exact) mass is 326 g/mol. The predicted molar refractivity (Wildman–Crippen MR) is 96.4 cm³/mol. The van der Waals surface area contributed by atoms with Gasteiger partial charge < -0.3 is 14.9 Å². The van der Waals surface area contributed by atoms with Crippen LogP contribution in [0.3, 0.4) is 0 Å². The molecule has 1 fully saturated rings. The maximum Gasteiger partial charge on any atom is 0.225 e. The number of carbonyl (C=O) groups excluding carboxylic acids is 1. The zero-order chi connectivity index (χ0) is 17.6. The number of hydrogen-bond donors (Lipinski definition) is 1. The Morgan fingerprint density at radius 3 is 2.26 bits per heavy atom. The van der Waals surface area contributed by atoms with Crippen LogP contribution in [-0.2, 0) is 4.79 Å². The molecule has 1 aliphatic rings. The highest BCUT2D eigenvalue weighted by atomic mass is 16.3. The van der Waals surface area contributed by atoms with E-state index in [1.165, 1.54) is 0 Å². The summed E-state index contributed by atoms with van der Waals surface area (Å²) >= 11 is 0. The summed E-state index contributed by atoms with van der Waals surface area (Å²) in [5.41, 5.74) is -0.866. The lowest BCUT2D eigenvalue weighted by Gasteiger charge is -2.36. The molecular formula is C19H38N2O2. The van der Waals surface area contributed by atoms with Crippen LogP contribution in [0.4, 0.5) is 0 Å². The summed E-state index contributed by atoms with van der Waals surface area (Å²) < 4.78 is 0. The van der Waals surface area contributed by atoms with Crippen LogP contribution in [0.15, 0.2) is 0 Å². The molecule has 0 aromatic rings. The highest BCUT2D eigenvalue weighted by Gasteiger charge is 2.32. The topological polar surface area (TPSA) is 43.8 Å². The minimum Gasteiger partial charge on any atom is -0.389 e. The normalized spacial score (nSPS) is 19.7. The van der Waals surface area contributed by atoms with Gasteiger partial charge in [-0.25, -0.2) is 0 Å². The lowest BCUT2D eigenvalue weighted by molar-refractivity contribution is -0.138. The van der Waals surface area contributed by atoms with Crippen molar-refractivity contribution < 1.29 is 9.90 Å². The molecule has 1 N–H and O–H groups in total. The van der Waals surface area contributed by atoms with Crippen molar-refractivity contribution in [2.24, 2.45) is 11.8 Å². The number of aliphatic hydroxyl groups is 1. The zero-order valence-corrected chi connectivity index (χ0v) is 16.1. The molecule has 1 atom stereocenters. The molecule has 0 spiro atoms. The van der Waals surface area contributed by atoms with Crippen molar-refractivity contribution in [3.63, 3.8) is 0 Å². The van der Waals surface area contributed by atoms with E-state index in [1.807, 2.05) is 11.8 Å². The van der Waals surface area contributed by atoms with Crippen LogP contribution in [0.1, 0.15) is 66.7 Å². The van der Waals surface area contributed by atoms with E-state index in [2.05, 4.69) is 39.6 Å². The van der Waals surface area contributed by atoms with Gasteiger partial charge in [0.15, 0.2) is 0 Å². The van der Waals surface area contributed by atoms with E-state index in [0.717, 1.165) is 38.4 Å². The fourth-order valence-electron chi connectivity index (χ4n) is 3.24. The van der Waals surface area contributed by atoms with Gasteiger partial charge in [0.25, 0.3) is 0 Å². The molecule has 23 heavy (non-hydrogen) atoms. The average molecular weight is 327 g/mol. The lowest BCUT2D eigenvalue weighted by Crippen LogP contribution is -2.44. The Balaban J connectivity index is 2.49. The van der Waals surface area contributed by atoms with Gasteiger partial charge >= 0.3 is 0 Å². The van der Waals surface area contributed by atoms with Crippen molar-refractivity contribution >= 4 is 5.91 Å². The van der Waals surface area contributed by atoms with Crippen LogP contribution in [0.25, 0.3) is 0 Å². The summed E-state index contributed by atoms with van der Waals surface area (Å²) in [4.78, 5) is 16.8. The Hall–Kier alpha value is -0.610. The fourth-order valence-corrected chi connectivity index (χ4v) is 3.24. The van der Waals surface area contributed by atoms with Crippen molar-refractivity contribution in [1.29, 1.82) is 0 Å². The fraction of sp³-hybridized carbons (Fsp3) is 0.947. The Morgan fingerprint density at radius 1 is 1.26 bits per heavy atom. The molecule has 1 amide bonds. The maximum absolute atomic E-state index is 12.6. The first-order valence-corrected chi connectivity index (χ1v) is 9.39. The third-order valence-electron chi connectivity index (χ3n) is 5.78. The van der Waals surface area contributed by atoms with E-state index in [-0.39, 0.29) is 12.3 Å². The summed E-state index contributed by atoms with van der Waals surface area (Å²) in [6.45, 7) is 13.3. The van der Waals surface area contributed by atoms with E-state index >= 15 is 0 Å². The number of amides is 1. The Kier molecular flexibility index (Phi) is 8.02. The third kappa shape index (κ3) is 6.42. The van der Waals surface area contributed by atoms with E-state index < -0.39 is 5.60 Å². The van der Waals surface area contributed by atoms with Gasteiger partial charge in [-0.05, 0) is 58.4 Å². The molecule has 4 heteroatoms. The second kappa shape index (κ2) is 9.03. The largest absolute Gasteiger partial charge is 0.389 e. The molecule has 1 heterocycles. The van der Waals surface area contributed by atoms with Crippen LogP contribution in [-0.4, -0.2) is 59.1 Å². The molecule has 0 saturated carbocycles. The standard InChI is InChI=1S/C19H38N2O2/c1-7-19(23,10-13-20(6)16(4)5)14-18(22)21-11-8-17(9-12-21)15(2)3/h15-17,23H,7-14H2,1-6H3. The number of nitrogens with zero attached hydrogens (tertiary/aromatic N) is 2. The summed E-state index contributed by atoms with van der Waals surface area (Å²) in [6, 6.07) is 0.460. The minimum absolute atomic E-state index is 0.128. The van der Waals surface area contributed by atoms with Crippen LogP contribution >= 0.6 is 0 Å². The van der Waals surface area contributed by atoms with Gasteiger partial charge in [-0.1, -0.05) is 20.8 Å². The molecule has 0 aromatic carbocycles. The molecule has 136 valence electrons. The van der Waals surface area contributed by atoms with E-state index in [4.69, 9.17) is 0 Å². The minimum atomic E-state index is -0.866. The van der Waals surface area contributed by atoms with Gasteiger partial charge in [0.05, 0.1) is 12.0 Å². The molecule has 0 bridgehead atoms. The highest BCUT2D eigenvalue weighted by molar-refractivity contribution is 5.77. The van der Waals surface area contributed by atoms with Gasteiger partial charge in [0, 0.05) is 25.7 Å². The van der Waals surface area contributed by atoms with Gasteiger partial charge in [-0.2, -0.15) is 0 Å².